The molecule has 5 nitrogen and oxygen atoms in total. The van der Waals surface area contributed by atoms with Crippen molar-refractivity contribution >= 4 is 17.5 Å². The number of halogens is 1. The van der Waals surface area contributed by atoms with Gasteiger partial charge in [0, 0.05) is 18.8 Å². The molecule has 0 atom stereocenters. The van der Waals surface area contributed by atoms with Crippen molar-refractivity contribution in [2.75, 3.05) is 25.5 Å². The van der Waals surface area contributed by atoms with E-state index in [2.05, 4.69) is 5.32 Å². The summed E-state index contributed by atoms with van der Waals surface area (Å²) in [5.41, 5.74) is 2.78. The molecule has 0 bridgehead atoms. The maximum atomic E-state index is 13.1. The van der Waals surface area contributed by atoms with E-state index in [1.165, 1.54) is 30.1 Å². The zero-order valence-electron chi connectivity index (χ0n) is 14.5. The van der Waals surface area contributed by atoms with Crippen LogP contribution in [-0.2, 0) is 9.59 Å². The van der Waals surface area contributed by atoms with Crippen LogP contribution in [0, 0.1) is 19.7 Å². The average molecular weight is 344 g/mol. The predicted octanol–water partition coefficient (Wildman–Crippen LogP) is 2.92. The quantitative estimate of drug-likeness (QED) is 0.877. The molecule has 0 saturated carbocycles. The van der Waals surface area contributed by atoms with Gasteiger partial charge in [-0.2, -0.15) is 0 Å². The number of likely N-dealkylation sites (N-methyl/N-ethyl adjacent to an activating group) is 1. The van der Waals surface area contributed by atoms with Crippen molar-refractivity contribution in [1.29, 1.82) is 0 Å². The molecule has 0 aromatic heterocycles. The van der Waals surface area contributed by atoms with Crippen molar-refractivity contribution in [1.82, 2.24) is 4.90 Å². The van der Waals surface area contributed by atoms with Crippen LogP contribution in [0.25, 0.3) is 0 Å². The van der Waals surface area contributed by atoms with Gasteiger partial charge in [0.1, 0.15) is 11.6 Å². The Morgan fingerprint density at radius 3 is 2.60 bits per heavy atom. The molecular weight excluding hydrogens is 323 g/mol. The fourth-order valence-corrected chi connectivity index (χ4v) is 2.19. The Hall–Kier alpha value is -2.89. The van der Waals surface area contributed by atoms with Crippen LogP contribution in [0.15, 0.2) is 42.5 Å². The summed E-state index contributed by atoms with van der Waals surface area (Å²) in [4.78, 5) is 25.4. The molecule has 6 heteroatoms. The number of rotatable bonds is 6. The molecule has 0 aliphatic carbocycles. The van der Waals surface area contributed by atoms with Crippen LogP contribution in [0.4, 0.5) is 10.1 Å². The van der Waals surface area contributed by atoms with Gasteiger partial charge in [0.15, 0.2) is 6.61 Å². The molecule has 2 aromatic carbocycles. The van der Waals surface area contributed by atoms with E-state index in [-0.39, 0.29) is 30.7 Å². The summed E-state index contributed by atoms with van der Waals surface area (Å²) < 4.78 is 18.3. The summed E-state index contributed by atoms with van der Waals surface area (Å²) in [5.74, 6) is -0.844. The van der Waals surface area contributed by atoms with Gasteiger partial charge in [-0.25, -0.2) is 4.39 Å². The molecule has 2 rings (SSSR count). The summed E-state index contributed by atoms with van der Waals surface area (Å²) >= 11 is 0. The van der Waals surface area contributed by atoms with Gasteiger partial charge in [0.2, 0.25) is 5.91 Å². The monoisotopic (exact) mass is 344 g/mol. The summed E-state index contributed by atoms with van der Waals surface area (Å²) in [7, 11) is 1.51. The number of aryl methyl sites for hydroxylation is 1. The lowest BCUT2D eigenvalue weighted by molar-refractivity contribution is -0.135. The maximum Gasteiger partial charge on any atom is 0.260 e. The van der Waals surface area contributed by atoms with Crippen molar-refractivity contribution in [3.8, 4) is 5.75 Å². The Kier molecular flexibility index (Phi) is 6.11. The van der Waals surface area contributed by atoms with Gasteiger partial charge in [0.25, 0.3) is 5.91 Å². The Morgan fingerprint density at radius 2 is 1.88 bits per heavy atom. The molecule has 1 N–H and O–H groups in total. The first-order valence-corrected chi connectivity index (χ1v) is 7.85. The highest BCUT2D eigenvalue weighted by Gasteiger charge is 2.14. The number of hydrogen-bond donors (Lipinski definition) is 1. The molecule has 132 valence electrons. The van der Waals surface area contributed by atoms with Crippen LogP contribution in [0.2, 0.25) is 0 Å². The first kappa shape index (κ1) is 18.4. The van der Waals surface area contributed by atoms with Crippen molar-refractivity contribution in [3.05, 3.63) is 59.4 Å². The predicted molar refractivity (Wildman–Crippen MR) is 94.1 cm³/mol. The van der Waals surface area contributed by atoms with Gasteiger partial charge in [-0.3, -0.25) is 9.59 Å². The van der Waals surface area contributed by atoms with E-state index in [0.29, 0.717) is 0 Å². The molecular formula is C19H21FN2O3. The molecule has 0 fully saturated rings. The number of amides is 2. The molecule has 0 saturated heterocycles. The molecule has 0 aliphatic rings. The zero-order valence-corrected chi connectivity index (χ0v) is 14.5. The number of nitrogens with one attached hydrogen (secondary N) is 1. The second-order valence-electron chi connectivity index (χ2n) is 5.79. The zero-order chi connectivity index (χ0) is 18.4. The number of hydrogen-bond acceptors (Lipinski definition) is 3. The Balaban J connectivity index is 1.85. The molecule has 0 spiro atoms. The fraction of sp³-hybridized carbons (Fsp3) is 0.263. The lowest BCUT2D eigenvalue weighted by Crippen LogP contribution is -2.37. The Morgan fingerprint density at radius 1 is 1.16 bits per heavy atom. The number of nitrogens with zero attached hydrogens (tertiary/aromatic N) is 1. The molecule has 25 heavy (non-hydrogen) atoms. The third-order valence-electron chi connectivity index (χ3n) is 3.84. The van der Waals surface area contributed by atoms with Crippen LogP contribution < -0.4 is 10.1 Å². The number of ether oxygens (including phenoxy) is 1. The highest BCUT2D eigenvalue weighted by Crippen LogP contribution is 2.17. The lowest BCUT2D eigenvalue weighted by Gasteiger charge is -2.18. The number of anilines is 1. The second-order valence-corrected chi connectivity index (χ2v) is 5.79. The fourth-order valence-electron chi connectivity index (χ4n) is 2.19. The molecule has 0 unspecified atom stereocenters. The van der Waals surface area contributed by atoms with Gasteiger partial charge >= 0.3 is 0 Å². The van der Waals surface area contributed by atoms with Gasteiger partial charge in [-0.05, 0) is 43.2 Å². The molecule has 2 aromatic rings. The Labute approximate surface area is 146 Å². The van der Waals surface area contributed by atoms with Crippen molar-refractivity contribution in [3.63, 3.8) is 0 Å². The van der Waals surface area contributed by atoms with Gasteiger partial charge < -0.3 is 15.0 Å². The summed E-state index contributed by atoms with van der Waals surface area (Å²) in [6.07, 6.45) is 0. The van der Waals surface area contributed by atoms with Crippen molar-refractivity contribution in [2.45, 2.75) is 13.8 Å². The van der Waals surface area contributed by atoms with E-state index >= 15 is 0 Å². The second kappa shape index (κ2) is 8.28. The van der Waals surface area contributed by atoms with Gasteiger partial charge in [-0.1, -0.05) is 18.2 Å². The van der Waals surface area contributed by atoms with Crippen LogP contribution in [0.5, 0.6) is 5.75 Å². The summed E-state index contributed by atoms with van der Waals surface area (Å²) in [5, 5.41) is 2.79. The SMILES string of the molecule is Cc1cccc(NC(=O)CN(C)C(=O)COc2cccc(F)c2)c1C. The van der Waals surface area contributed by atoms with Crippen LogP contribution in [0.3, 0.4) is 0 Å². The van der Waals surface area contributed by atoms with Gasteiger partial charge in [0.05, 0.1) is 6.54 Å². The van der Waals surface area contributed by atoms with E-state index in [9.17, 15) is 14.0 Å². The number of benzene rings is 2. The smallest absolute Gasteiger partial charge is 0.260 e. The normalized spacial score (nSPS) is 10.2. The molecule has 0 radical (unpaired) electrons. The van der Waals surface area contributed by atoms with E-state index in [4.69, 9.17) is 4.74 Å². The van der Waals surface area contributed by atoms with Crippen LogP contribution in [0.1, 0.15) is 11.1 Å². The first-order chi connectivity index (χ1) is 11.9. The highest BCUT2D eigenvalue weighted by molar-refractivity contribution is 5.95. The van der Waals surface area contributed by atoms with Gasteiger partial charge in [-0.15, -0.1) is 0 Å². The van der Waals surface area contributed by atoms with E-state index in [1.807, 2.05) is 32.0 Å². The lowest BCUT2D eigenvalue weighted by atomic mass is 10.1. The summed E-state index contributed by atoms with van der Waals surface area (Å²) in [6.45, 7) is 3.52. The minimum atomic E-state index is -0.439. The van der Waals surface area contributed by atoms with Crippen molar-refractivity contribution < 1.29 is 18.7 Å². The standard InChI is InChI=1S/C19H21FN2O3/c1-13-6-4-9-17(14(13)2)21-18(23)11-22(3)19(24)12-25-16-8-5-7-15(20)10-16/h4-10H,11-12H2,1-3H3,(H,21,23). The highest BCUT2D eigenvalue weighted by atomic mass is 19.1. The largest absolute Gasteiger partial charge is 0.484 e. The van der Waals surface area contributed by atoms with E-state index < -0.39 is 5.82 Å². The number of carbonyl (C=O) groups excluding carboxylic acids is 2. The molecule has 0 aliphatic heterocycles. The summed E-state index contributed by atoms with van der Waals surface area (Å²) in [6, 6.07) is 11.2. The maximum absolute atomic E-state index is 13.1. The molecule has 2 amide bonds. The average Bonchev–Trinajstić information content (AvgIpc) is 2.56. The van der Waals surface area contributed by atoms with Crippen LogP contribution in [-0.4, -0.2) is 36.9 Å². The van der Waals surface area contributed by atoms with Crippen molar-refractivity contribution in [2.24, 2.45) is 0 Å². The van der Waals surface area contributed by atoms with Crippen LogP contribution >= 0.6 is 0 Å². The topological polar surface area (TPSA) is 58.6 Å². The minimum Gasteiger partial charge on any atom is -0.484 e. The molecule has 0 heterocycles. The Bertz CT molecular complexity index is 777. The third kappa shape index (κ3) is 5.31. The minimum absolute atomic E-state index is 0.0985. The first-order valence-electron chi connectivity index (χ1n) is 7.85. The number of carbonyl (C=O) groups is 2. The van der Waals surface area contributed by atoms with E-state index in [1.54, 1.807) is 6.07 Å². The third-order valence-corrected chi connectivity index (χ3v) is 3.84. The van der Waals surface area contributed by atoms with E-state index in [0.717, 1.165) is 16.8 Å².